The Hall–Kier alpha value is -3.73. The van der Waals surface area contributed by atoms with Crippen molar-refractivity contribution < 1.29 is 19.1 Å². The lowest BCUT2D eigenvalue weighted by Crippen LogP contribution is -2.23. The molecule has 3 aromatic rings. The maximum absolute atomic E-state index is 14.7. The van der Waals surface area contributed by atoms with Gasteiger partial charge in [-0.05, 0) is 71.7 Å². The number of rotatable bonds is 5. The van der Waals surface area contributed by atoms with Gasteiger partial charge in [0.25, 0.3) is 5.91 Å². The van der Waals surface area contributed by atoms with Gasteiger partial charge in [-0.15, -0.1) is 0 Å². The molecule has 0 saturated carbocycles. The van der Waals surface area contributed by atoms with Crippen molar-refractivity contribution in [2.24, 2.45) is 0 Å². The molecule has 0 atom stereocenters. The van der Waals surface area contributed by atoms with Crippen LogP contribution < -0.4 is 5.32 Å². The van der Waals surface area contributed by atoms with Gasteiger partial charge in [-0.1, -0.05) is 62.7 Å². The molecule has 174 valence electrons. The summed E-state index contributed by atoms with van der Waals surface area (Å²) in [5.41, 5.74) is 6.00. The van der Waals surface area contributed by atoms with Crippen LogP contribution in [0.5, 0.6) is 0 Å². The SMILES string of the molecule is CCc1c(NC(=O)c2ccc3c(c2)C(c2ccc(C)cc2)=CCC3(C)C)ccc(C(=O)O)c1F. The van der Waals surface area contributed by atoms with E-state index in [1.807, 2.05) is 12.1 Å². The van der Waals surface area contributed by atoms with Crippen molar-refractivity contribution in [3.63, 3.8) is 0 Å². The molecule has 1 amide bonds. The molecule has 3 aromatic carbocycles. The zero-order valence-corrected chi connectivity index (χ0v) is 19.8. The molecule has 0 fully saturated rings. The predicted octanol–water partition coefficient (Wildman–Crippen LogP) is 6.76. The maximum atomic E-state index is 14.7. The second-order valence-electron chi connectivity index (χ2n) is 9.40. The van der Waals surface area contributed by atoms with Crippen molar-refractivity contribution in [3.8, 4) is 0 Å². The predicted molar refractivity (Wildman–Crippen MR) is 133 cm³/mol. The summed E-state index contributed by atoms with van der Waals surface area (Å²) >= 11 is 0. The summed E-state index contributed by atoms with van der Waals surface area (Å²) < 4.78 is 14.7. The number of halogens is 1. The maximum Gasteiger partial charge on any atom is 0.338 e. The van der Waals surface area contributed by atoms with E-state index in [1.54, 1.807) is 13.0 Å². The van der Waals surface area contributed by atoms with E-state index in [2.05, 4.69) is 56.4 Å². The smallest absolute Gasteiger partial charge is 0.338 e. The van der Waals surface area contributed by atoms with Crippen LogP contribution in [0.15, 0.2) is 60.7 Å². The number of fused-ring (bicyclic) bond motifs is 1. The zero-order chi connectivity index (χ0) is 24.6. The third kappa shape index (κ3) is 4.26. The monoisotopic (exact) mass is 457 g/mol. The summed E-state index contributed by atoms with van der Waals surface area (Å²) in [6, 6.07) is 16.7. The van der Waals surface area contributed by atoms with Crippen LogP contribution in [0.25, 0.3) is 5.57 Å². The third-order valence-electron chi connectivity index (χ3n) is 6.56. The molecular weight excluding hydrogens is 429 g/mol. The summed E-state index contributed by atoms with van der Waals surface area (Å²) in [5, 5.41) is 12.0. The normalized spacial score (nSPS) is 14.2. The zero-order valence-electron chi connectivity index (χ0n) is 19.8. The molecule has 1 aliphatic carbocycles. The van der Waals surface area contributed by atoms with Crippen LogP contribution in [0.1, 0.15) is 75.7 Å². The number of aromatic carboxylic acids is 1. The lowest BCUT2D eigenvalue weighted by atomic mass is 9.72. The number of benzene rings is 3. The van der Waals surface area contributed by atoms with E-state index in [-0.39, 0.29) is 29.0 Å². The highest BCUT2D eigenvalue weighted by atomic mass is 19.1. The average molecular weight is 458 g/mol. The molecule has 0 bridgehead atoms. The number of nitrogens with one attached hydrogen (secondary N) is 1. The molecule has 0 heterocycles. The molecule has 0 unspecified atom stereocenters. The number of hydrogen-bond acceptors (Lipinski definition) is 2. The molecule has 4 nitrogen and oxygen atoms in total. The van der Waals surface area contributed by atoms with Crippen molar-refractivity contribution in [2.45, 2.75) is 46.0 Å². The first-order valence-electron chi connectivity index (χ1n) is 11.4. The number of anilines is 1. The number of carboxylic acid groups (broad SMARTS) is 1. The van der Waals surface area contributed by atoms with Gasteiger partial charge in [0.15, 0.2) is 0 Å². The molecule has 0 saturated heterocycles. The number of aryl methyl sites for hydroxylation is 1. The molecular formula is C29H28FNO3. The lowest BCUT2D eigenvalue weighted by Gasteiger charge is -2.32. The first-order chi connectivity index (χ1) is 16.1. The fourth-order valence-corrected chi connectivity index (χ4v) is 4.53. The van der Waals surface area contributed by atoms with Gasteiger partial charge < -0.3 is 10.4 Å². The minimum atomic E-state index is -1.34. The van der Waals surface area contributed by atoms with Gasteiger partial charge in [0.1, 0.15) is 5.82 Å². The topological polar surface area (TPSA) is 66.4 Å². The highest BCUT2D eigenvalue weighted by molar-refractivity contribution is 6.06. The first kappa shape index (κ1) is 23.4. The van der Waals surface area contributed by atoms with E-state index in [4.69, 9.17) is 0 Å². The van der Waals surface area contributed by atoms with E-state index >= 15 is 0 Å². The van der Waals surface area contributed by atoms with Crippen molar-refractivity contribution >= 4 is 23.1 Å². The number of carbonyl (C=O) groups is 2. The molecule has 34 heavy (non-hydrogen) atoms. The van der Waals surface area contributed by atoms with Gasteiger partial charge in [-0.3, -0.25) is 4.79 Å². The van der Waals surface area contributed by atoms with Crippen LogP contribution in [0.2, 0.25) is 0 Å². The lowest BCUT2D eigenvalue weighted by molar-refractivity contribution is 0.0691. The highest BCUT2D eigenvalue weighted by Crippen LogP contribution is 2.41. The van der Waals surface area contributed by atoms with Crippen molar-refractivity contribution in [3.05, 3.63) is 105 Å². The second-order valence-corrected chi connectivity index (χ2v) is 9.40. The molecule has 5 heteroatoms. The Morgan fingerprint density at radius 3 is 2.41 bits per heavy atom. The first-order valence-corrected chi connectivity index (χ1v) is 11.4. The molecule has 2 N–H and O–H groups in total. The van der Waals surface area contributed by atoms with E-state index in [0.29, 0.717) is 5.56 Å². The average Bonchev–Trinajstić information content (AvgIpc) is 2.79. The summed E-state index contributed by atoms with van der Waals surface area (Å²) in [6.07, 6.45) is 3.37. The molecule has 0 aromatic heterocycles. The minimum absolute atomic E-state index is 0.0658. The fourth-order valence-electron chi connectivity index (χ4n) is 4.53. The van der Waals surface area contributed by atoms with E-state index in [9.17, 15) is 19.1 Å². The van der Waals surface area contributed by atoms with Crippen molar-refractivity contribution in [1.29, 1.82) is 0 Å². The van der Waals surface area contributed by atoms with E-state index in [1.165, 1.54) is 23.3 Å². The summed E-state index contributed by atoms with van der Waals surface area (Å²) in [7, 11) is 0. The number of hydrogen-bond donors (Lipinski definition) is 2. The molecule has 0 radical (unpaired) electrons. The van der Waals surface area contributed by atoms with Crippen LogP contribution in [-0.2, 0) is 11.8 Å². The van der Waals surface area contributed by atoms with Crippen molar-refractivity contribution in [2.75, 3.05) is 5.32 Å². The van der Waals surface area contributed by atoms with Crippen LogP contribution in [0, 0.1) is 12.7 Å². The standard InChI is InChI=1S/C29H28FNO3/c1-5-20-25(13-11-22(26(20)30)28(33)34)31-27(32)19-10-12-24-23(16-19)21(14-15-29(24,3)4)18-8-6-17(2)7-9-18/h6-14,16H,5,15H2,1-4H3,(H,31,32)(H,33,34). The quantitative estimate of drug-likeness (QED) is 0.445. The summed E-state index contributed by atoms with van der Waals surface area (Å²) in [5.74, 6) is -2.52. The highest BCUT2D eigenvalue weighted by Gasteiger charge is 2.29. The third-order valence-corrected chi connectivity index (χ3v) is 6.56. The Morgan fingerprint density at radius 2 is 1.76 bits per heavy atom. The molecule has 4 rings (SSSR count). The Morgan fingerprint density at radius 1 is 1.06 bits per heavy atom. The molecule has 1 aliphatic rings. The van der Waals surface area contributed by atoms with Crippen LogP contribution in [0.3, 0.4) is 0 Å². The number of carbonyl (C=O) groups excluding carboxylic acids is 1. The summed E-state index contributed by atoms with van der Waals surface area (Å²) in [6.45, 7) is 8.15. The fraction of sp³-hybridized carbons (Fsp3) is 0.241. The molecule has 0 spiro atoms. The van der Waals surface area contributed by atoms with Gasteiger partial charge in [-0.25, -0.2) is 9.18 Å². The van der Waals surface area contributed by atoms with Crippen LogP contribution >= 0.6 is 0 Å². The van der Waals surface area contributed by atoms with Gasteiger partial charge in [0.05, 0.1) is 5.56 Å². The Kier molecular flexibility index (Phi) is 6.13. The van der Waals surface area contributed by atoms with Gasteiger partial charge >= 0.3 is 5.97 Å². The Labute approximate surface area is 199 Å². The molecule has 0 aliphatic heterocycles. The van der Waals surface area contributed by atoms with Gasteiger partial charge in [0, 0.05) is 16.8 Å². The Balaban J connectivity index is 1.72. The van der Waals surface area contributed by atoms with Gasteiger partial charge in [0.2, 0.25) is 0 Å². The van der Waals surface area contributed by atoms with E-state index < -0.39 is 17.3 Å². The number of amides is 1. The van der Waals surface area contributed by atoms with E-state index in [0.717, 1.165) is 23.1 Å². The van der Waals surface area contributed by atoms with Crippen LogP contribution in [0.4, 0.5) is 10.1 Å². The minimum Gasteiger partial charge on any atom is -0.478 e. The number of allylic oxidation sites excluding steroid dienone is 1. The Bertz CT molecular complexity index is 1320. The van der Waals surface area contributed by atoms with Gasteiger partial charge in [-0.2, -0.15) is 0 Å². The van der Waals surface area contributed by atoms with Crippen LogP contribution in [-0.4, -0.2) is 17.0 Å². The van der Waals surface area contributed by atoms with Crippen molar-refractivity contribution in [1.82, 2.24) is 0 Å². The summed E-state index contributed by atoms with van der Waals surface area (Å²) in [4.78, 5) is 24.4. The largest absolute Gasteiger partial charge is 0.478 e. The second kappa shape index (κ2) is 8.90. The number of carboxylic acids is 1.